The fraction of sp³-hybridized carbons (Fsp3) is 0.462. The van der Waals surface area contributed by atoms with Crippen molar-refractivity contribution in [2.24, 2.45) is 0 Å². The first kappa shape index (κ1) is 13.7. The number of hydrogen-bond acceptors (Lipinski definition) is 6. The molecule has 0 saturated heterocycles. The summed E-state index contributed by atoms with van der Waals surface area (Å²) in [5.74, 6) is 2.15. The monoisotopic (exact) mass is 277 g/mol. The number of thiazole rings is 1. The van der Waals surface area contributed by atoms with Crippen LogP contribution in [-0.2, 0) is 0 Å². The van der Waals surface area contributed by atoms with Crippen LogP contribution in [0.3, 0.4) is 0 Å². The van der Waals surface area contributed by atoms with Crippen molar-refractivity contribution in [1.29, 1.82) is 0 Å². The van der Waals surface area contributed by atoms with E-state index in [2.05, 4.69) is 39.4 Å². The zero-order valence-corrected chi connectivity index (χ0v) is 12.3. The van der Waals surface area contributed by atoms with Gasteiger partial charge in [-0.05, 0) is 13.8 Å². The van der Waals surface area contributed by atoms with Gasteiger partial charge in [0.25, 0.3) is 0 Å². The van der Waals surface area contributed by atoms with Gasteiger partial charge in [0.15, 0.2) is 0 Å². The quantitative estimate of drug-likeness (QED) is 0.850. The predicted octanol–water partition coefficient (Wildman–Crippen LogP) is 2.89. The Morgan fingerprint density at radius 2 is 1.95 bits per heavy atom. The first-order valence-corrected chi connectivity index (χ1v) is 7.29. The van der Waals surface area contributed by atoms with Gasteiger partial charge in [0.2, 0.25) is 0 Å². The van der Waals surface area contributed by atoms with Crippen LogP contribution in [0.4, 0.5) is 11.6 Å². The molecule has 1 atom stereocenters. The highest BCUT2D eigenvalue weighted by Crippen LogP contribution is 2.21. The highest BCUT2D eigenvalue weighted by molar-refractivity contribution is 7.09. The lowest BCUT2D eigenvalue weighted by atomic mass is 10.2. The molecule has 0 aromatic carbocycles. The average molecular weight is 277 g/mol. The minimum atomic E-state index is 0.372. The van der Waals surface area contributed by atoms with E-state index < -0.39 is 0 Å². The lowest BCUT2D eigenvalue weighted by Crippen LogP contribution is -2.13. The van der Waals surface area contributed by atoms with Crippen LogP contribution < -0.4 is 10.6 Å². The van der Waals surface area contributed by atoms with Crippen LogP contribution in [0, 0.1) is 6.92 Å². The van der Waals surface area contributed by atoms with Gasteiger partial charge in [-0.1, -0.05) is 6.92 Å². The molecule has 0 radical (unpaired) electrons. The molecule has 0 aliphatic carbocycles. The number of aromatic nitrogens is 3. The summed E-state index contributed by atoms with van der Waals surface area (Å²) in [4.78, 5) is 12.9. The van der Waals surface area contributed by atoms with E-state index in [-0.39, 0.29) is 0 Å². The van der Waals surface area contributed by atoms with E-state index in [0.29, 0.717) is 5.92 Å². The third-order valence-electron chi connectivity index (χ3n) is 2.88. The van der Waals surface area contributed by atoms with Gasteiger partial charge in [-0.3, -0.25) is 0 Å². The van der Waals surface area contributed by atoms with Crippen molar-refractivity contribution in [3.8, 4) is 0 Å². The maximum atomic E-state index is 4.33. The van der Waals surface area contributed by atoms with Gasteiger partial charge in [0.1, 0.15) is 18.0 Å². The van der Waals surface area contributed by atoms with Crippen molar-refractivity contribution in [3.05, 3.63) is 28.5 Å². The molecular formula is C13H19N5S. The first-order valence-electron chi connectivity index (χ1n) is 6.41. The molecule has 2 aromatic rings. The molecule has 2 heterocycles. The highest BCUT2D eigenvalue weighted by atomic mass is 32.1. The Hall–Kier alpha value is -1.69. The van der Waals surface area contributed by atoms with Crippen molar-refractivity contribution in [1.82, 2.24) is 15.0 Å². The van der Waals surface area contributed by atoms with Crippen LogP contribution in [0.15, 0.2) is 17.9 Å². The number of nitrogens with one attached hydrogen (secondary N) is 2. The minimum absolute atomic E-state index is 0.372. The Labute approximate surface area is 117 Å². The summed E-state index contributed by atoms with van der Waals surface area (Å²) in [5.41, 5.74) is 1.05. The largest absolute Gasteiger partial charge is 0.370 e. The molecule has 0 aliphatic heterocycles. The Bertz CT molecular complexity index is 512. The van der Waals surface area contributed by atoms with Crippen molar-refractivity contribution in [3.63, 3.8) is 0 Å². The summed E-state index contributed by atoms with van der Waals surface area (Å²) in [6, 6.07) is 0. The summed E-state index contributed by atoms with van der Waals surface area (Å²) in [5, 5.41) is 9.75. The summed E-state index contributed by atoms with van der Waals surface area (Å²) in [6.07, 6.45) is 3.43. The smallest absolute Gasteiger partial charge is 0.134 e. The Morgan fingerprint density at radius 1 is 1.21 bits per heavy atom. The Balaban J connectivity index is 2.01. The third kappa shape index (κ3) is 3.41. The summed E-state index contributed by atoms with van der Waals surface area (Å²) >= 11 is 1.69. The van der Waals surface area contributed by atoms with Gasteiger partial charge in [-0.15, -0.1) is 11.3 Å². The van der Waals surface area contributed by atoms with E-state index in [1.807, 2.05) is 18.5 Å². The lowest BCUT2D eigenvalue weighted by Gasteiger charge is -2.14. The number of hydrogen-bond donors (Lipinski definition) is 2. The van der Waals surface area contributed by atoms with Crippen LogP contribution in [0.5, 0.6) is 0 Å². The molecule has 0 amide bonds. The van der Waals surface area contributed by atoms with E-state index in [1.165, 1.54) is 0 Å². The molecule has 19 heavy (non-hydrogen) atoms. The zero-order chi connectivity index (χ0) is 13.7. The van der Waals surface area contributed by atoms with Crippen molar-refractivity contribution < 1.29 is 0 Å². The van der Waals surface area contributed by atoms with Crippen LogP contribution in [0.1, 0.15) is 30.3 Å². The van der Waals surface area contributed by atoms with E-state index in [9.17, 15) is 0 Å². The molecule has 0 fully saturated rings. The van der Waals surface area contributed by atoms with Crippen molar-refractivity contribution in [2.45, 2.75) is 26.7 Å². The summed E-state index contributed by atoms with van der Waals surface area (Å²) < 4.78 is 0. The molecule has 2 N–H and O–H groups in total. The molecule has 2 rings (SSSR count). The number of anilines is 2. The molecule has 6 heteroatoms. The second kappa shape index (κ2) is 6.47. The normalized spacial score (nSPS) is 12.2. The topological polar surface area (TPSA) is 62.7 Å². The maximum absolute atomic E-state index is 4.33. The van der Waals surface area contributed by atoms with Gasteiger partial charge in [0.05, 0.1) is 5.01 Å². The average Bonchev–Trinajstić information content (AvgIpc) is 2.94. The van der Waals surface area contributed by atoms with Gasteiger partial charge in [-0.25, -0.2) is 15.0 Å². The molecule has 0 spiro atoms. The van der Waals surface area contributed by atoms with Crippen LogP contribution in [0.25, 0.3) is 0 Å². The molecule has 5 nitrogen and oxygen atoms in total. The predicted molar refractivity (Wildman–Crippen MR) is 80.0 cm³/mol. The molecule has 2 aromatic heterocycles. The second-order valence-corrected chi connectivity index (χ2v) is 5.30. The minimum Gasteiger partial charge on any atom is -0.370 e. The van der Waals surface area contributed by atoms with Crippen molar-refractivity contribution >= 4 is 23.0 Å². The van der Waals surface area contributed by atoms with E-state index in [4.69, 9.17) is 0 Å². The summed E-state index contributed by atoms with van der Waals surface area (Å²) in [6.45, 7) is 7.91. The van der Waals surface area contributed by atoms with Crippen LogP contribution >= 0.6 is 11.3 Å². The van der Waals surface area contributed by atoms with Crippen molar-refractivity contribution in [2.75, 3.05) is 23.7 Å². The molecule has 0 bridgehead atoms. The van der Waals surface area contributed by atoms with Gasteiger partial charge in [-0.2, -0.15) is 0 Å². The SMILES string of the molecule is CCNc1ncnc(NCC(C)c2nccs2)c1C. The Kier molecular flexibility index (Phi) is 4.68. The lowest BCUT2D eigenvalue weighted by molar-refractivity contribution is 0.790. The molecular weight excluding hydrogens is 258 g/mol. The number of rotatable bonds is 6. The fourth-order valence-corrected chi connectivity index (χ4v) is 2.49. The molecule has 1 unspecified atom stereocenters. The second-order valence-electron chi connectivity index (χ2n) is 4.38. The van der Waals surface area contributed by atoms with E-state index >= 15 is 0 Å². The summed E-state index contributed by atoms with van der Waals surface area (Å²) in [7, 11) is 0. The first-order chi connectivity index (χ1) is 9.22. The highest BCUT2D eigenvalue weighted by Gasteiger charge is 2.10. The van der Waals surface area contributed by atoms with Gasteiger partial charge in [0, 0.05) is 36.1 Å². The third-order valence-corrected chi connectivity index (χ3v) is 3.88. The van der Waals surface area contributed by atoms with E-state index in [1.54, 1.807) is 17.7 Å². The van der Waals surface area contributed by atoms with E-state index in [0.717, 1.165) is 35.3 Å². The van der Waals surface area contributed by atoms with Gasteiger partial charge < -0.3 is 10.6 Å². The van der Waals surface area contributed by atoms with Gasteiger partial charge >= 0.3 is 0 Å². The zero-order valence-electron chi connectivity index (χ0n) is 11.5. The standard InChI is InChI=1S/C13H19N5S/c1-4-14-11-10(3)12(18-8-17-11)16-7-9(2)13-15-5-6-19-13/h5-6,8-9H,4,7H2,1-3H3,(H2,14,16,17,18). The fourth-order valence-electron chi connectivity index (χ4n) is 1.79. The molecule has 0 saturated carbocycles. The molecule has 0 aliphatic rings. The Morgan fingerprint density at radius 3 is 2.58 bits per heavy atom. The number of nitrogens with zero attached hydrogens (tertiary/aromatic N) is 3. The molecule has 102 valence electrons. The van der Waals surface area contributed by atoms with Crippen LogP contribution in [0.2, 0.25) is 0 Å². The van der Waals surface area contributed by atoms with Crippen LogP contribution in [-0.4, -0.2) is 28.0 Å². The maximum Gasteiger partial charge on any atom is 0.134 e.